The van der Waals surface area contributed by atoms with E-state index in [9.17, 15) is 4.79 Å². The third-order valence-corrected chi connectivity index (χ3v) is 5.65. The maximum Gasteiger partial charge on any atom is 0.254 e. The van der Waals surface area contributed by atoms with E-state index in [1.54, 1.807) is 6.20 Å². The molecule has 0 radical (unpaired) electrons. The molecule has 2 aliphatic heterocycles. The first kappa shape index (κ1) is 17.7. The van der Waals surface area contributed by atoms with Crippen LogP contribution in [0.2, 0.25) is 0 Å². The summed E-state index contributed by atoms with van der Waals surface area (Å²) >= 11 is 0. The molecule has 0 unspecified atom stereocenters. The second kappa shape index (κ2) is 7.21. The fraction of sp³-hybridized carbons (Fsp3) is 0.286. The third kappa shape index (κ3) is 3.31. The number of benzene rings is 1. The summed E-state index contributed by atoms with van der Waals surface area (Å²) in [6.07, 6.45) is 5.50. The molecule has 1 fully saturated rings. The van der Waals surface area contributed by atoms with Gasteiger partial charge in [0.05, 0.1) is 29.3 Å². The van der Waals surface area contributed by atoms with Crippen molar-refractivity contribution in [2.24, 2.45) is 0 Å². The molecular weight excluding hydrogens is 366 g/mol. The Bertz CT molecular complexity index is 1020. The van der Waals surface area contributed by atoms with Crippen LogP contribution in [-0.4, -0.2) is 59.2 Å². The SMILES string of the molecule is CN1CCN(c2ccc(Nc3ccc(-c4cn[nH]c4)c4c3C(=O)NC4)nc2)CC1. The fourth-order valence-corrected chi connectivity index (χ4v) is 3.97. The molecule has 4 heterocycles. The predicted octanol–water partition coefficient (Wildman–Crippen LogP) is 2.21. The Labute approximate surface area is 168 Å². The quantitative estimate of drug-likeness (QED) is 0.634. The lowest BCUT2D eigenvalue weighted by Gasteiger charge is -2.33. The van der Waals surface area contributed by atoms with Crippen molar-refractivity contribution in [3.8, 4) is 11.1 Å². The first-order chi connectivity index (χ1) is 14.2. The summed E-state index contributed by atoms with van der Waals surface area (Å²) in [4.78, 5) is 21.7. The van der Waals surface area contributed by atoms with Gasteiger partial charge in [-0.2, -0.15) is 5.10 Å². The molecule has 0 saturated carbocycles. The summed E-state index contributed by atoms with van der Waals surface area (Å²) in [6, 6.07) is 8.00. The number of fused-ring (bicyclic) bond motifs is 1. The molecule has 1 saturated heterocycles. The van der Waals surface area contributed by atoms with E-state index in [2.05, 4.69) is 48.7 Å². The first-order valence-corrected chi connectivity index (χ1v) is 9.79. The average molecular weight is 389 g/mol. The van der Waals surface area contributed by atoms with E-state index >= 15 is 0 Å². The van der Waals surface area contributed by atoms with Crippen molar-refractivity contribution < 1.29 is 4.79 Å². The number of nitrogens with one attached hydrogen (secondary N) is 3. The van der Waals surface area contributed by atoms with Crippen molar-refractivity contribution in [1.29, 1.82) is 0 Å². The highest BCUT2D eigenvalue weighted by atomic mass is 16.1. The number of H-pyrrole nitrogens is 1. The molecule has 148 valence electrons. The van der Waals surface area contributed by atoms with Crippen molar-refractivity contribution in [2.75, 3.05) is 43.4 Å². The summed E-state index contributed by atoms with van der Waals surface area (Å²) in [7, 11) is 2.15. The number of piperazine rings is 1. The fourth-order valence-electron chi connectivity index (χ4n) is 3.97. The highest BCUT2D eigenvalue weighted by Crippen LogP contribution is 2.34. The van der Waals surface area contributed by atoms with Crippen molar-refractivity contribution in [1.82, 2.24) is 25.4 Å². The maximum atomic E-state index is 12.5. The number of hydrogen-bond donors (Lipinski definition) is 3. The number of anilines is 3. The number of aromatic nitrogens is 3. The molecule has 3 N–H and O–H groups in total. The molecule has 0 atom stereocenters. The van der Waals surface area contributed by atoms with Gasteiger partial charge in [0.2, 0.25) is 0 Å². The lowest BCUT2D eigenvalue weighted by Crippen LogP contribution is -2.44. The summed E-state index contributed by atoms with van der Waals surface area (Å²) in [5.41, 5.74) is 5.53. The van der Waals surface area contributed by atoms with Crippen molar-refractivity contribution in [2.45, 2.75) is 6.54 Å². The molecule has 3 aromatic rings. The molecule has 1 aromatic carbocycles. The minimum absolute atomic E-state index is 0.0677. The second-order valence-corrected chi connectivity index (χ2v) is 7.50. The maximum absolute atomic E-state index is 12.5. The highest BCUT2D eigenvalue weighted by Gasteiger charge is 2.26. The smallest absolute Gasteiger partial charge is 0.254 e. The Morgan fingerprint density at radius 3 is 2.66 bits per heavy atom. The largest absolute Gasteiger partial charge is 0.368 e. The number of carbonyl (C=O) groups is 1. The molecule has 2 aliphatic rings. The first-order valence-electron chi connectivity index (χ1n) is 9.79. The van der Waals surface area contributed by atoms with Crippen LogP contribution in [0, 0.1) is 0 Å². The zero-order valence-electron chi connectivity index (χ0n) is 16.3. The van der Waals surface area contributed by atoms with Gasteiger partial charge in [-0.15, -0.1) is 0 Å². The zero-order valence-corrected chi connectivity index (χ0v) is 16.3. The monoisotopic (exact) mass is 389 g/mol. The lowest BCUT2D eigenvalue weighted by molar-refractivity contribution is 0.0966. The van der Waals surface area contributed by atoms with Crippen LogP contribution in [0.5, 0.6) is 0 Å². The van der Waals surface area contributed by atoms with E-state index < -0.39 is 0 Å². The standard InChI is InChI=1S/C21H23N7O/c1-27-6-8-28(9-7-27)15-2-5-19(22-12-15)26-18-4-3-16(14-10-24-25-11-14)17-13-23-21(29)20(17)18/h2-5,10-12H,6-9,13H2,1H3,(H,22,26)(H,23,29)(H,24,25). The number of pyridine rings is 1. The molecule has 29 heavy (non-hydrogen) atoms. The van der Waals surface area contributed by atoms with Gasteiger partial charge >= 0.3 is 0 Å². The van der Waals surface area contributed by atoms with E-state index in [1.807, 2.05) is 30.6 Å². The number of nitrogens with zero attached hydrogens (tertiary/aromatic N) is 4. The van der Waals surface area contributed by atoms with Gasteiger partial charge in [-0.05, 0) is 36.4 Å². The van der Waals surface area contributed by atoms with Crippen molar-refractivity contribution in [3.05, 3.63) is 54.0 Å². The molecule has 0 aliphatic carbocycles. The molecule has 2 aromatic heterocycles. The molecule has 0 bridgehead atoms. The van der Waals surface area contributed by atoms with Gasteiger partial charge in [0.1, 0.15) is 5.82 Å². The topological polar surface area (TPSA) is 89.2 Å². The van der Waals surface area contributed by atoms with Crippen LogP contribution in [0.4, 0.5) is 17.2 Å². The number of aromatic amines is 1. The molecule has 8 nitrogen and oxygen atoms in total. The van der Waals surface area contributed by atoms with Crippen LogP contribution >= 0.6 is 0 Å². The summed E-state index contributed by atoms with van der Waals surface area (Å²) < 4.78 is 0. The lowest BCUT2D eigenvalue weighted by atomic mass is 9.97. The number of likely N-dealkylation sites (N-methyl/N-ethyl adjacent to an activating group) is 1. The van der Waals surface area contributed by atoms with E-state index in [-0.39, 0.29) is 5.91 Å². The van der Waals surface area contributed by atoms with Crippen LogP contribution in [0.25, 0.3) is 11.1 Å². The zero-order chi connectivity index (χ0) is 19.8. The molecule has 1 amide bonds. The van der Waals surface area contributed by atoms with Gasteiger partial charge in [-0.25, -0.2) is 4.98 Å². The highest BCUT2D eigenvalue weighted by molar-refractivity contribution is 6.06. The molecule has 0 spiro atoms. The number of carbonyl (C=O) groups excluding carboxylic acids is 1. The Morgan fingerprint density at radius 1 is 1.07 bits per heavy atom. The van der Waals surface area contributed by atoms with Gasteiger partial charge < -0.3 is 20.4 Å². The second-order valence-electron chi connectivity index (χ2n) is 7.50. The normalized spacial score (nSPS) is 16.6. The van der Waals surface area contributed by atoms with Crippen LogP contribution in [0.3, 0.4) is 0 Å². The van der Waals surface area contributed by atoms with Crippen LogP contribution in [0.15, 0.2) is 42.9 Å². The van der Waals surface area contributed by atoms with Crippen molar-refractivity contribution >= 4 is 23.1 Å². The van der Waals surface area contributed by atoms with Crippen LogP contribution in [-0.2, 0) is 6.54 Å². The summed E-state index contributed by atoms with van der Waals surface area (Å²) in [5.74, 6) is 0.655. The number of hydrogen-bond acceptors (Lipinski definition) is 6. The van der Waals surface area contributed by atoms with Gasteiger partial charge in [-0.1, -0.05) is 6.07 Å². The van der Waals surface area contributed by atoms with Crippen LogP contribution in [0.1, 0.15) is 15.9 Å². The summed E-state index contributed by atoms with van der Waals surface area (Å²) in [5, 5.41) is 13.1. The Hall–Kier alpha value is -3.39. The van der Waals surface area contributed by atoms with E-state index in [0.29, 0.717) is 12.1 Å². The van der Waals surface area contributed by atoms with Gasteiger partial charge in [-0.3, -0.25) is 9.89 Å². The van der Waals surface area contributed by atoms with Crippen LogP contribution < -0.4 is 15.5 Å². The van der Waals surface area contributed by atoms with E-state index in [1.165, 1.54) is 0 Å². The Balaban J connectivity index is 1.40. The van der Waals surface area contributed by atoms with Gasteiger partial charge in [0.25, 0.3) is 5.91 Å². The average Bonchev–Trinajstić information content (AvgIpc) is 3.40. The minimum atomic E-state index is -0.0677. The van der Waals surface area contributed by atoms with Gasteiger partial charge in [0, 0.05) is 44.5 Å². The molecule has 8 heteroatoms. The molecule has 5 rings (SSSR count). The summed E-state index contributed by atoms with van der Waals surface area (Å²) in [6.45, 7) is 4.65. The van der Waals surface area contributed by atoms with Gasteiger partial charge in [0.15, 0.2) is 0 Å². The number of amides is 1. The molecular formula is C21H23N7O. The Morgan fingerprint density at radius 2 is 1.93 bits per heavy atom. The minimum Gasteiger partial charge on any atom is -0.368 e. The van der Waals surface area contributed by atoms with E-state index in [0.717, 1.165) is 60.1 Å². The van der Waals surface area contributed by atoms with Crippen molar-refractivity contribution in [3.63, 3.8) is 0 Å². The number of rotatable bonds is 4. The third-order valence-electron chi connectivity index (χ3n) is 5.65. The Kier molecular flexibility index (Phi) is 4.40. The predicted molar refractivity (Wildman–Crippen MR) is 112 cm³/mol. The van der Waals surface area contributed by atoms with E-state index in [4.69, 9.17) is 0 Å².